The molecule has 20 heavy (non-hydrogen) atoms. The Labute approximate surface area is 132 Å². The van der Waals surface area contributed by atoms with Gasteiger partial charge in [0.05, 0.1) is 6.26 Å². The molecule has 0 aliphatic rings. The molecule has 3 nitrogen and oxygen atoms in total. The Morgan fingerprint density at radius 3 is 2.90 bits per heavy atom. The first-order valence-electron chi connectivity index (χ1n) is 6.49. The summed E-state index contributed by atoms with van der Waals surface area (Å²) >= 11 is 8.74. The van der Waals surface area contributed by atoms with Crippen LogP contribution in [0.1, 0.15) is 19.1 Å². The average Bonchev–Trinajstić information content (AvgIpc) is 2.89. The molecule has 0 unspecified atom stereocenters. The fourth-order valence-corrected chi connectivity index (χ4v) is 2.56. The number of hydrogen-bond acceptors (Lipinski definition) is 2. The van der Waals surface area contributed by atoms with Crippen molar-refractivity contribution in [2.45, 2.75) is 25.8 Å². The van der Waals surface area contributed by atoms with Crippen LogP contribution >= 0.6 is 28.1 Å². The minimum atomic E-state index is 0.284. The summed E-state index contributed by atoms with van der Waals surface area (Å²) in [5.74, 6) is 1.00. The van der Waals surface area contributed by atoms with E-state index in [0.29, 0.717) is 5.11 Å². The summed E-state index contributed by atoms with van der Waals surface area (Å²) in [6, 6.07) is 12.1. The topological polar surface area (TPSA) is 37.2 Å². The second-order valence-corrected chi connectivity index (χ2v) is 5.95. The molecule has 5 heteroatoms. The van der Waals surface area contributed by atoms with Crippen LogP contribution in [0.5, 0.6) is 0 Å². The van der Waals surface area contributed by atoms with Crippen LogP contribution in [0.15, 0.2) is 51.6 Å². The first kappa shape index (κ1) is 15.1. The molecule has 0 saturated heterocycles. The maximum absolute atomic E-state index is 5.32. The smallest absolute Gasteiger partial charge is 0.170 e. The van der Waals surface area contributed by atoms with Crippen molar-refractivity contribution in [3.63, 3.8) is 0 Å². The third-order valence-corrected chi connectivity index (χ3v) is 3.58. The second-order valence-electron chi connectivity index (χ2n) is 4.63. The molecule has 0 amide bonds. The minimum Gasteiger partial charge on any atom is -0.469 e. The third kappa shape index (κ3) is 4.98. The van der Waals surface area contributed by atoms with E-state index in [9.17, 15) is 0 Å². The van der Waals surface area contributed by atoms with Gasteiger partial charge in [0.2, 0.25) is 0 Å². The Morgan fingerprint density at radius 1 is 1.35 bits per heavy atom. The highest BCUT2D eigenvalue weighted by Crippen LogP contribution is 2.15. The largest absolute Gasteiger partial charge is 0.469 e. The zero-order chi connectivity index (χ0) is 14.4. The van der Waals surface area contributed by atoms with Crippen LogP contribution in [0.25, 0.3) is 0 Å². The zero-order valence-corrected chi connectivity index (χ0v) is 13.6. The van der Waals surface area contributed by atoms with E-state index >= 15 is 0 Å². The molecule has 1 aromatic heterocycles. The lowest BCUT2D eigenvalue weighted by Gasteiger charge is -2.16. The van der Waals surface area contributed by atoms with Crippen molar-refractivity contribution in [3.8, 4) is 0 Å². The number of aryl methyl sites for hydroxylation is 1. The number of thiocarbonyl (C=S) groups is 1. The van der Waals surface area contributed by atoms with Gasteiger partial charge in [0.15, 0.2) is 5.11 Å². The zero-order valence-electron chi connectivity index (χ0n) is 11.2. The van der Waals surface area contributed by atoms with Crippen molar-refractivity contribution in [3.05, 3.63) is 52.9 Å². The highest BCUT2D eigenvalue weighted by Gasteiger charge is 2.06. The van der Waals surface area contributed by atoms with E-state index in [0.717, 1.165) is 28.8 Å². The van der Waals surface area contributed by atoms with Gasteiger partial charge in [0.1, 0.15) is 5.76 Å². The fourth-order valence-electron chi connectivity index (χ4n) is 1.84. The molecule has 0 bridgehead atoms. The molecule has 0 fully saturated rings. The SMILES string of the molecule is C[C@@H](CCc1ccco1)NC(=S)Nc1cccc(Br)c1. The molecule has 106 valence electrons. The van der Waals surface area contributed by atoms with Crippen LogP contribution in [-0.4, -0.2) is 11.2 Å². The van der Waals surface area contributed by atoms with Gasteiger partial charge in [-0.2, -0.15) is 0 Å². The predicted molar refractivity (Wildman–Crippen MR) is 90.0 cm³/mol. The molecular weight excluding hydrogens is 336 g/mol. The van der Waals surface area contributed by atoms with Gasteiger partial charge in [-0.05, 0) is 55.9 Å². The number of benzene rings is 1. The van der Waals surface area contributed by atoms with Crippen LogP contribution in [-0.2, 0) is 6.42 Å². The Morgan fingerprint density at radius 2 is 2.20 bits per heavy atom. The van der Waals surface area contributed by atoms with Crippen molar-refractivity contribution in [1.82, 2.24) is 5.32 Å². The molecular formula is C15H17BrN2OS. The summed E-state index contributed by atoms with van der Waals surface area (Å²) < 4.78 is 6.34. The molecule has 2 N–H and O–H groups in total. The quantitative estimate of drug-likeness (QED) is 0.784. The third-order valence-electron chi connectivity index (χ3n) is 2.86. The maximum atomic E-state index is 5.32. The summed E-state index contributed by atoms with van der Waals surface area (Å²) in [6.07, 6.45) is 3.57. The molecule has 1 heterocycles. The number of nitrogens with one attached hydrogen (secondary N) is 2. The molecule has 1 atom stereocenters. The first-order valence-corrected chi connectivity index (χ1v) is 7.69. The van der Waals surface area contributed by atoms with E-state index in [1.807, 2.05) is 36.4 Å². The molecule has 2 aromatic rings. The van der Waals surface area contributed by atoms with Crippen molar-refractivity contribution < 1.29 is 4.42 Å². The molecule has 0 aliphatic carbocycles. The van der Waals surface area contributed by atoms with Gasteiger partial charge in [-0.15, -0.1) is 0 Å². The number of furan rings is 1. The normalized spacial score (nSPS) is 11.9. The van der Waals surface area contributed by atoms with E-state index in [1.165, 1.54) is 0 Å². The monoisotopic (exact) mass is 352 g/mol. The highest BCUT2D eigenvalue weighted by atomic mass is 79.9. The Hall–Kier alpha value is -1.33. The van der Waals surface area contributed by atoms with E-state index in [2.05, 4.69) is 33.5 Å². The van der Waals surface area contributed by atoms with Gasteiger partial charge in [0.25, 0.3) is 0 Å². The minimum absolute atomic E-state index is 0.284. The molecule has 0 radical (unpaired) electrons. The number of hydrogen-bond donors (Lipinski definition) is 2. The van der Waals surface area contributed by atoms with Gasteiger partial charge in [0, 0.05) is 22.6 Å². The summed E-state index contributed by atoms with van der Waals surface area (Å²) in [5, 5.41) is 7.08. The highest BCUT2D eigenvalue weighted by molar-refractivity contribution is 9.10. The Bertz CT molecular complexity index is 557. The van der Waals surface area contributed by atoms with Crippen molar-refractivity contribution >= 4 is 38.9 Å². The fraction of sp³-hybridized carbons (Fsp3) is 0.267. The lowest BCUT2D eigenvalue weighted by Crippen LogP contribution is -2.36. The average molecular weight is 353 g/mol. The number of anilines is 1. The van der Waals surface area contributed by atoms with E-state index in [-0.39, 0.29) is 6.04 Å². The Balaban J connectivity index is 1.76. The maximum Gasteiger partial charge on any atom is 0.170 e. The van der Waals surface area contributed by atoms with Crippen LogP contribution in [0.3, 0.4) is 0 Å². The van der Waals surface area contributed by atoms with Gasteiger partial charge in [-0.3, -0.25) is 0 Å². The van der Waals surface area contributed by atoms with Crippen LogP contribution in [0.4, 0.5) is 5.69 Å². The van der Waals surface area contributed by atoms with Gasteiger partial charge in [-0.1, -0.05) is 22.0 Å². The van der Waals surface area contributed by atoms with E-state index in [4.69, 9.17) is 16.6 Å². The van der Waals surface area contributed by atoms with Crippen LogP contribution in [0.2, 0.25) is 0 Å². The molecule has 0 saturated carbocycles. The lowest BCUT2D eigenvalue weighted by atomic mass is 10.1. The standard InChI is InChI=1S/C15H17BrN2OS/c1-11(7-8-14-6-3-9-19-14)17-15(20)18-13-5-2-4-12(16)10-13/h2-6,9-11H,7-8H2,1H3,(H2,17,18,20)/t11-/m0/s1. The van der Waals surface area contributed by atoms with Crippen LogP contribution in [0, 0.1) is 0 Å². The van der Waals surface area contributed by atoms with Gasteiger partial charge < -0.3 is 15.1 Å². The van der Waals surface area contributed by atoms with Crippen molar-refractivity contribution in [2.24, 2.45) is 0 Å². The Kier molecular flexibility index (Phi) is 5.61. The lowest BCUT2D eigenvalue weighted by molar-refractivity contribution is 0.483. The van der Waals surface area contributed by atoms with Crippen molar-refractivity contribution in [2.75, 3.05) is 5.32 Å². The van der Waals surface area contributed by atoms with E-state index < -0.39 is 0 Å². The van der Waals surface area contributed by atoms with Gasteiger partial charge in [-0.25, -0.2) is 0 Å². The number of rotatable bonds is 5. The van der Waals surface area contributed by atoms with Gasteiger partial charge >= 0.3 is 0 Å². The summed E-state index contributed by atoms with van der Waals surface area (Å²) in [7, 11) is 0. The molecule has 0 spiro atoms. The van der Waals surface area contributed by atoms with Crippen molar-refractivity contribution in [1.29, 1.82) is 0 Å². The molecule has 2 rings (SSSR count). The molecule has 0 aliphatic heterocycles. The predicted octanol–water partition coefficient (Wildman–Crippen LogP) is 4.35. The summed E-state index contributed by atoms with van der Waals surface area (Å²) in [6.45, 7) is 2.11. The first-order chi connectivity index (χ1) is 9.63. The van der Waals surface area contributed by atoms with Crippen LogP contribution < -0.4 is 10.6 Å². The summed E-state index contributed by atoms with van der Waals surface area (Å²) in [4.78, 5) is 0. The molecule has 1 aromatic carbocycles. The van der Waals surface area contributed by atoms with E-state index in [1.54, 1.807) is 6.26 Å². The number of halogens is 1. The second kappa shape index (κ2) is 7.45. The summed E-state index contributed by atoms with van der Waals surface area (Å²) in [5.41, 5.74) is 0.968.